The first-order chi connectivity index (χ1) is 11.1. The Morgan fingerprint density at radius 1 is 1.35 bits per heavy atom. The minimum atomic E-state index is -0.443. The molecule has 0 bridgehead atoms. The van der Waals surface area contributed by atoms with E-state index in [0.717, 1.165) is 37.3 Å². The SMILES string of the molecule is CCN(CC1COc2ccccc2O1)C(=O)C1(C)CCCCN1. The third kappa shape index (κ3) is 3.44. The average Bonchev–Trinajstić information content (AvgIpc) is 2.59. The first-order valence-corrected chi connectivity index (χ1v) is 8.55. The van der Waals surface area contributed by atoms with Gasteiger partial charge in [-0.3, -0.25) is 4.79 Å². The van der Waals surface area contributed by atoms with Gasteiger partial charge in [-0.15, -0.1) is 0 Å². The van der Waals surface area contributed by atoms with E-state index in [2.05, 4.69) is 5.32 Å². The number of likely N-dealkylation sites (N-methyl/N-ethyl adjacent to an activating group) is 1. The van der Waals surface area contributed by atoms with Gasteiger partial charge in [-0.25, -0.2) is 0 Å². The number of carbonyl (C=O) groups excluding carboxylic acids is 1. The number of hydrogen-bond acceptors (Lipinski definition) is 4. The summed E-state index contributed by atoms with van der Waals surface area (Å²) in [5, 5.41) is 3.40. The number of fused-ring (bicyclic) bond motifs is 1. The molecule has 1 amide bonds. The summed E-state index contributed by atoms with van der Waals surface area (Å²) in [6.07, 6.45) is 3.02. The molecule has 2 unspecified atom stereocenters. The summed E-state index contributed by atoms with van der Waals surface area (Å²) in [5.41, 5.74) is -0.443. The molecule has 3 rings (SSSR count). The molecule has 126 valence electrons. The molecule has 0 spiro atoms. The molecule has 0 aliphatic carbocycles. The van der Waals surface area contributed by atoms with Crippen LogP contribution >= 0.6 is 0 Å². The maximum Gasteiger partial charge on any atom is 0.242 e. The highest BCUT2D eigenvalue weighted by Crippen LogP contribution is 2.31. The Labute approximate surface area is 137 Å². The van der Waals surface area contributed by atoms with Gasteiger partial charge in [-0.2, -0.15) is 0 Å². The maximum atomic E-state index is 12.9. The molecular formula is C18H26N2O3. The molecule has 1 aromatic rings. The second-order valence-corrected chi connectivity index (χ2v) is 6.56. The summed E-state index contributed by atoms with van der Waals surface area (Å²) in [7, 11) is 0. The van der Waals surface area contributed by atoms with Gasteiger partial charge < -0.3 is 19.7 Å². The number of carbonyl (C=O) groups is 1. The average molecular weight is 318 g/mol. The van der Waals surface area contributed by atoms with Crippen molar-refractivity contribution in [3.63, 3.8) is 0 Å². The Bertz CT molecular complexity index is 555. The van der Waals surface area contributed by atoms with Crippen molar-refractivity contribution in [1.82, 2.24) is 10.2 Å². The first kappa shape index (κ1) is 16.1. The molecule has 0 aromatic heterocycles. The van der Waals surface area contributed by atoms with Crippen LogP contribution in [0.15, 0.2) is 24.3 Å². The molecule has 2 heterocycles. The van der Waals surface area contributed by atoms with Gasteiger partial charge >= 0.3 is 0 Å². The van der Waals surface area contributed by atoms with E-state index in [1.54, 1.807) is 0 Å². The summed E-state index contributed by atoms with van der Waals surface area (Å²) in [5.74, 6) is 1.70. The fourth-order valence-electron chi connectivity index (χ4n) is 3.34. The number of nitrogens with one attached hydrogen (secondary N) is 1. The van der Waals surface area contributed by atoms with Gasteiger partial charge in [-0.1, -0.05) is 12.1 Å². The van der Waals surface area contributed by atoms with Crippen molar-refractivity contribution in [3.05, 3.63) is 24.3 Å². The van der Waals surface area contributed by atoms with Crippen molar-refractivity contribution in [2.24, 2.45) is 0 Å². The highest BCUT2D eigenvalue weighted by molar-refractivity contribution is 5.86. The summed E-state index contributed by atoms with van der Waals surface area (Å²) >= 11 is 0. The van der Waals surface area contributed by atoms with E-state index < -0.39 is 5.54 Å². The van der Waals surface area contributed by atoms with Gasteiger partial charge in [0.15, 0.2) is 17.6 Å². The Morgan fingerprint density at radius 3 is 2.83 bits per heavy atom. The van der Waals surface area contributed by atoms with Crippen molar-refractivity contribution < 1.29 is 14.3 Å². The molecule has 23 heavy (non-hydrogen) atoms. The largest absolute Gasteiger partial charge is 0.486 e. The van der Waals surface area contributed by atoms with E-state index in [1.807, 2.05) is 43.0 Å². The first-order valence-electron chi connectivity index (χ1n) is 8.55. The number of piperidine rings is 1. The van der Waals surface area contributed by atoms with E-state index in [4.69, 9.17) is 9.47 Å². The number of ether oxygens (including phenoxy) is 2. The molecule has 0 radical (unpaired) electrons. The third-order valence-corrected chi connectivity index (χ3v) is 4.75. The second kappa shape index (κ2) is 6.79. The molecule has 1 saturated heterocycles. The van der Waals surface area contributed by atoms with Gasteiger partial charge in [0.2, 0.25) is 5.91 Å². The number of hydrogen-bond donors (Lipinski definition) is 1. The van der Waals surface area contributed by atoms with Crippen LogP contribution in [0.1, 0.15) is 33.1 Å². The molecule has 5 nitrogen and oxygen atoms in total. The van der Waals surface area contributed by atoms with Gasteiger partial charge in [0.25, 0.3) is 0 Å². The fraction of sp³-hybridized carbons (Fsp3) is 0.611. The second-order valence-electron chi connectivity index (χ2n) is 6.56. The lowest BCUT2D eigenvalue weighted by Crippen LogP contribution is -2.59. The molecule has 1 N–H and O–H groups in total. The quantitative estimate of drug-likeness (QED) is 0.925. The normalized spacial score (nSPS) is 26.6. The summed E-state index contributed by atoms with van der Waals surface area (Å²) in [4.78, 5) is 14.8. The van der Waals surface area contributed by atoms with Crippen LogP contribution in [-0.4, -0.2) is 48.7 Å². The van der Waals surface area contributed by atoms with Crippen molar-refractivity contribution in [3.8, 4) is 11.5 Å². The zero-order valence-electron chi connectivity index (χ0n) is 14.0. The highest BCUT2D eigenvalue weighted by atomic mass is 16.6. The zero-order chi connectivity index (χ0) is 16.3. The highest BCUT2D eigenvalue weighted by Gasteiger charge is 2.38. The summed E-state index contributed by atoms with van der Waals surface area (Å²) < 4.78 is 11.7. The van der Waals surface area contributed by atoms with Gasteiger partial charge in [0, 0.05) is 6.54 Å². The van der Waals surface area contributed by atoms with Crippen LogP contribution in [0.3, 0.4) is 0 Å². The number of para-hydroxylation sites is 2. The minimum Gasteiger partial charge on any atom is -0.486 e. The molecule has 2 aliphatic rings. The smallest absolute Gasteiger partial charge is 0.242 e. The van der Waals surface area contributed by atoms with E-state index in [-0.39, 0.29) is 12.0 Å². The van der Waals surface area contributed by atoms with Gasteiger partial charge in [0.05, 0.1) is 12.1 Å². The lowest BCUT2D eigenvalue weighted by molar-refractivity contribution is -0.140. The molecule has 2 aliphatic heterocycles. The number of benzene rings is 1. The van der Waals surface area contributed by atoms with Crippen LogP contribution in [0.5, 0.6) is 11.5 Å². The Kier molecular flexibility index (Phi) is 4.76. The molecule has 2 atom stereocenters. The van der Waals surface area contributed by atoms with Crippen molar-refractivity contribution in [2.75, 3.05) is 26.2 Å². The van der Waals surface area contributed by atoms with E-state index in [9.17, 15) is 4.79 Å². The Hall–Kier alpha value is -1.75. The summed E-state index contributed by atoms with van der Waals surface area (Å²) in [6, 6.07) is 7.67. The lowest BCUT2D eigenvalue weighted by Gasteiger charge is -2.39. The monoisotopic (exact) mass is 318 g/mol. The Morgan fingerprint density at radius 2 is 2.13 bits per heavy atom. The predicted octanol–water partition coefficient (Wildman–Crippen LogP) is 2.21. The van der Waals surface area contributed by atoms with E-state index in [1.165, 1.54) is 0 Å². The number of amides is 1. The minimum absolute atomic E-state index is 0.124. The maximum absolute atomic E-state index is 12.9. The standard InChI is InChI=1S/C18H26N2O3/c1-3-20(17(21)18(2)10-6-7-11-19-18)12-14-13-22-15-8-4-5-9-16(15)23-14/h4-5,8-9,14,19H,3,6-7,10-13H2,1-2H3. The number of rotatable bonds is 4. The molecule has 1 aromatic carbocycles. The van der Waals surface area contributed by atoms with Crippen LogP contribution in [0.2, 0.25) is 0 Å². The van der Waals surface area contributed by atoms with Crippen LogP contribution in [-0.2, 0) is 4.79 Å². The zero-order valence-corrected chi connectivity index (χ0v) is 14.0. The van der Waals surface area contributed by atoms with Crippen LogP contribution in [0.4, 0.5) is 0 Å². The number of nitrogens with zero attached hydrogens (tertiary/aromatic N) is 1. The van der Waals surface area contributed by atoms with E-state index in [0.29, 0.717) is 19.7 Å². The van der Waals surface area contributed by atoms with Crippen molar-refractivity contribution in [1.29, 1.82) is 0 Å². The van der Waals surface area contributed by atoms with Crippen molar-refractivity contribution >= 4 is 5.91 Å². The van der Waals surface area contributed by atoms with Crippen LogP contribution < -0.4 is 14.8 Å². The fourth-order valence-corrected chi connectivity index (χ4v) is 3.34. The lowest BCUT2D eigenvalue weighted by atomic mass is 9.89. The molecule has 1 fully saturated rings. The van der Waals surface area contributed by atoms with Gasteiger partial charge in [-0.05, 0) is 51.8 Å². The van der Waals surface area contributed by atoms with Crippen molar-refractivity contribution in [2.45, 2.75) is 44.8 Å². The van der Waals surface area contributed by atoms with Crippen LogP contribution in [0.25, 0.3) is 0 Å². The summed E-state index contributed by atoms with van der Waals surface area (Å²) in [6.45, 7) is 6.66. The molecule has 5 heteroatoms. The third-order valence-electron chi connectivity index (χ3n) is 4.75. The van der Waals surface area contributed by atoms with E-state index >= 15 is 0 Å². The van der Waals surface area contributed by atoms with Crippen LogP contribution in [0, 0.1) is 0 Å². The topological polar surface area (TPSA) is 50.8 Å². The predicted molar refractivity (Wildman–Crippen MR) is 88.9 cm³/mol. The van der Waals surface area contributed by atoms with Gasteiger partial charge in [0.1, 0.15) is 6.61 Å². The Balaban J connectivity index is 1.65. The molecular weight excluding hydrogens is 292 g/mol. The molecule has 0 saturated carbocycles.